The van der Waals surface area contributed by atoms with Crippen LogP contribution in [0.15, 0.2) is 24.3 Å². The van der Waals surface area contributed by atoms with Gasteiger partial charge in [0.25, 0.3) is 0 Å². The minimum absolute atomic E-state index is 0.000929. The monoisotopic (exact) mass is 297 g/mol. The molecule has 2 nitrogen and oxygen atoms in total. The number of aryl methyl sites for hydroxylation is 1. The van der Waals surface area contributed by atoms with Crippen LogP contribution in [0.25, 0.3) is 5.70 Å². The van der Waals surface area contributed by atoms with E-state index < -0.39 is 0 Å². The zero-order chi connectivity index (χ0) is 15.7. The fourth-order valence-corrected chi connectivity index (χ4v) is 3.81. The highest BCUT2D eigenvalue weighted by Crippen LogP contribution is 2.32. The van der Waals surface area contributed by atoms with Crippen LogP contribution in [0.1, 0.15) is 62.6 Å². The molecule has 1 aliphatic carbocycles. The lowest BCUT2D eigenvalue weighted by Gasteiger charge is -2.36. The molecular weight excluding hydrogens is 270 g/mol. The van der Waals surface area contributed by atoms with Crippen molar-refractivity contribution in [3.8, 4) is 0 Å². The van der Waals surface area contributed by atoms with Gasteiger partial charge in [0.05, 0.1) is 0 Å². The summed E-state index contributed by atoms with van der Waals surface area (Å²) in [6.45, 7) is 6.52. The van der Waals surface area contributed by atoms with E-state index in [0.717, 1.165) is 25.0 Å². The van der Waals surface area contributed by atoms with Gasteiger partial charge in [0.2, 0.25) is 0 Å². The Morgan fingerprint density at radius 3 is 2.68 bits per heavy atom. The van der Waals surface area contributed by atoms with E-state index in [2.05, 4.69) is 44.3 Å². The van der Waals surface area contributed by atoms with Gasteiger partial charge in [0.1, 0.15) is 0 Å². The summed E-state index contributed by atoms with van der Waals surface area (Å²) in [5.74, 6) is 0.550. The number of hydrogen-bond acceptors (Lipinski definition) is 2. The summed E-state index contributed by atoms with van der Waals surface area (Å²) in [6, 6.07) is 6.59. The van der Waals surface area contributed by atoms with E-state index in [1.165, 1.54) is 36.0 Å². The smallest absolute Gasteiger partial charge is 0.160 e. The molecule has 0 atom stereocenters. The number of allylic oxidation sites excluding steroid dienone is 1. The van der Waals surface area contributed by atoms with Gasteiger partial charge in [-0.2, -0.15) is 0 Å². The van der Waals surface area contributed by atoms with Gasteiger partial charge >= 0.3 is 0 Å². The summed E-state index contributed by atoms with van der Waals surface area (Å²) in [7, 11) is 0. The van der Waals surface area contributed by atoms with Crippen molar-refractivity contribution in [2.24, 2.45) is 5.92 Å². The predicted molar refractivity (Wildman–Crippen MR) is 91.7 cm³/mol. The molecule has 1 aliphatic heterocycles. The highest BCUT2D eigenvalue weighted by atomic mass is 16.1. The third-order valence-electron chi connectivity index (χ3n) is 4.96. The lowest BCUT2D eigenvalue weighted by molar-refractivity contribution is -0.119. The van der Waals surface area contributed by atoms with Crippen molar-refractivity contribution in [3.63, 3.8) is 0 Å². The van der Waals surface area contributed by atoms with Gasteiger partial charge in [0, 0.05) is 28.8 Å². The molecule has 22 heavy (non-hydrogen) atoms. The predicted octanol–water partition coefficient (Wildman–Crippen LogP) is 4.41. The molecule has 1 aromatic rings. The van der Waals surface area contributed by atoms with Crippen LogP contribution in [0, 0.1) is 12.8 Å². The average Bonchev–Trinajstić information content (AvgIpc) is 2.48. The van der Waals surface area contributed by atoms with Crippen LogP contribution in [0.4, 0.5) is 0 Å². The summed E-state index contributed by atoms with van der Waals surface area (Å²) in [6.07, 6.45) is 8.70. The van der Waals surface area contributed by atoms with Gasteiger partial charge in [-0.15, -0.1) is 0 Å². The lowest BCUT2D eigenvalue weighted by Crippen LogP contribution is -2.44. The molecule has 0 unspecified atom stereocenters. The van der Waals surface area contributed by atoms with Crippen molar-refractivity contribution in [1.82, 2.24) is 5.32 Å². The standard InChI is InChI=1S/C20H27NO/c1-14-9-10-16-13-20(2,3)21-18(17(16)11-14)12-19(22)15-7-5-4-6-8-15/h9-12,15,21H,4-8,13H2,1-3H3/b18-12-. The molecule has 0 amide bonds. The fraction of sp³-hybridized carbons (Fsp3) is 0.550. The fourth-order valence-electron chi connectivity index (χ4n) is 3.81. The minimum Gasteiger partial charge on any atom is -0.379 e. The van der Waals surface area contributed by atoms with E-state index in [4.69, 9.17) is 0 Å². The number of nitrogens with one attached hydrogen (secondary N) is 1. The second kappa shape index (κ2) is 5.91. The van der Waals surface area contributed by atoms with E-state index in [0.29, 0.717) is 5.78 Å². The SMILES string of the molecule is Cc1ccc2c(c1)/C(=C/C(=O)C1CCCCC1)NC(C)(C)C2. The van der Waals surface area contributed by atoms with Crippen molar-refractivity contribution in [1.29, 1.82) is 0 Å². The van der Waals surface area contributed by atoms with Crippen LogP contribution in [-0.2, 0) is 11.2 Å². The van der Waals surface area contributed by atoms with Crippen LogP contribution in [0.2, 0.25) is 0 Å². The Hall–Kier alpha value is -1.57. The summed E-state index contributed by atoms with van der Waals surface area (Å²) in [5.41, 5.74) is 4.82. The van der Waals surface area contributed by atoms with Gasteiger partial charge in [-0.3, -0.25) is 4.79 Å². The maximum Gasteiger partial charge on any atom is 0.160 e. The van der Waals surface area contributed by atoms with Crippen LogP contribution >= 0.6 is 0 Å². The van der Waals surface area contributed by atoms with Gasteiger partial charge in [-0.1, -0.05) is 37.0 Å². The number of fused-ring (bicyclic) bond motifs is 1. The quantitative estimate of drug-likeness (QED) is 0.819. The maximum absolute atomic E-state index is 12.7. The first-order valence-corrected chi connectivity index (χ1v) is 8.58. The third kappa shape index (κ3) is 3.26. The number of carbonyl (C=O) groups excluding carboxylic acids is 1. The van der Waals surface area contributed by atoms with Crippen LogP contribution in [0.3, 0.4) is 0 Å². The molecule has 0 radical (unpaired) electrons. The van der Waals surface area contributed by atoms with Gasteiger partial charge in [-0.25, -0.2) is 0 Å². The van der Waals surface area contributed by atoms with Gasteiger partial charge in [0.15, 0.2) is 5.78 Å². The summed E-state index contributed by atoms with van der Waals surface area (Å²) in [5, 5.41) is 3.59. The highest BCUT2D eigenvalue weighted by molar-refractivity contribution is 5.98. The zero-order valence-electron chi connectivity index (χ0n) is 14.0. The topological polar surface area (TPSA) is 29.1 Å². The normalized spacial score (nSPS) is 23.0. The van der Waals surface area contributed by atoms with Crippen LogP contribution in [0.5, 0.6) is 0 Å². The Balaban J connectivity index is 1.93. The number of rotatable bonds is 2. The van der Waals surface area contributed by atoms with Crippen molar-refractivity contribution >= 4 is 11.5 Å². The van der Waals surface area contributed by atoms with Crippen LogP contribution < -0.4 is 5.32 Å². The van der Waals surface area contributed by atoms with Crippen molar-refractivity contribution < 1.29 is 4.79 Å². The molecule has 1 saturated carbocycles. The number of benzene rings is 1. The summed E-state index contributed by atoms with van der Waals surface area (Å²) >= 11 is 0. The van der Waals surface area contributed by atoms with Crippen molar-refractivity contribution in [2.45, 2.75) is 64.8 Å². The molecule has 3 rings (SSSR count). The largest absolute Gasteiger partial charge is 0.379 e. The first-order valence-electron chi connectivity index (χ1n) is 8.58. The third-order valence-corrected chi connectivity index (χ3v) is 4.96. The Morgan fingerprint density at radius 1 is 1.23 bits per heavy atom. The first-order chi connectivity index (χ1) is 10.4. The van der Waals surface area contributed by atoms with E-state index in [1.54, 1.807) is 0 Å². The number of ketones is 1. The van der Waals surface area contributed by atoms with E-state index in [-0.39, 0.29) is 11.5 Å². The molecule has 1 aromatic carbocycles. The first kappa shape index (κ1) is 15.3. The Kier molecular flexibility index (Phi) is 4.12. The van der Waals surface area contributed by atoms with Crippen molar-refractivity contribution in [2.75, 3.05) is 0 Å². The van der Waals surface area contributed by atoms with E-state index >= 15 is 0 Å². The van der Waals surface area contributed by atoms with Crippen LogP contribution in [-0.4, -0.2) is 11.3 Å². The molecule has 0 spiro atoms. The van der Waals surface area contributed by atoms with E-state index in [9.17, 15) is 4.79 Å². The molecule has 2 aliphatic rings. The molecule has 0 aromatic heterocycles. The number of carbonyl (C=O) groups is 1. The summed E-state index contributed by atoms with van der Waals surface area (Å²) < 4.78 is 0. The molecule has 1 fully saturated rings. The van der Waals surface area contributed by atoms with Gasteiger partial charge < -0.3 is 5.32 Å². The van der Waals surface area contributed by atoms with Gasteiger partial charge in [-0.05, 0) is 51.7 Å². The molecule has 1 heterocycles. The lowest BCUT2D eigenvalue weighted by atomic mass is 9.83. The second-order valence-corrected chi connectivity index (χ2v) is 7.64. The highest BCUT2D eigenvalue weighted by Gasteiger charge is 2.29. The molecular formula is C20H27NO. The minimum atomic E-state index is 0.000929. The zero-order valence-corrected chi connectivity index (χ0v) is 14.0. The Morgan fingerprint density at radius 2 is 1.95 bits per heavy atom. The molecule has 2 heteroatoms. The Bertz CT molecular complexity index is 606. The summed E-state index contributed by atoms with van der Waals surface area (Å²) in [4.78, 5) is 12.7. The molecule has 1 N–H and O–H groups in total. The second-order valence-electron chi connectivity index (χ2n) is 7.64. The maximum atomic E-state index is 12.7. The molecule has 118 valence electrons. The molecule has 0 saturated heterocycles. The molecule has 0 bridgehead atoms. The Labute approximate surface area is 134 Å². The van der Waals surface area contributed by atoms with Crippen molar-refractivity contribution in [3.05, 3.63) is 41.0 Å². The average molecular weight is 297 g/mol. The number of hydrogen-bond donors (Lipinski definition) is 1. The van der Waals surface area contributed by atoms with E-state index in [1.807, 2.05) is 6.08 Å².